The molecule has 2 nitrogen and oxygen atoms in total. The number of para-hydroxylation sites is 2. The van der Waals surface area contributed by atoms with Crippen LogP contribution >= 0.6 is 0 Å². The van der Waals surface area contributed by atoms with Crippen LogP contribution in [0.5, 0.6) is 5.75 Å². The zero-order chi connectivity index (χ0) is 15.5. The average molecular weight is 289 g/mol. The third-order valence-corrected chi connectivity index (χ3v) is 4.56. The Balaban J connectivity index is 1.95. The molecule has 21 heavy (non-hydrogen) atoms. The highest BCUT2D eigenvalue weighted by Crippen LogP contribution is 2.39. The van der Waals surface area contributed by atoms with Gasteiger partial charge in [-0.15, -0.1) is 0 Å². The first-order chi connectivity index (χ1) is 9.86. The summed E-state index contributed by atoms with van der Waals surface area (Å²) in [5.41, 5.74) is 1.59. The summed E-state index contributed by atoms with van der Waals surface area (Å²) < 4.78 is 5.90. The van der Waals surface area contributed by atoms with Gasteiger partial charge in [0.1, 0.15) is 5.75 Å². The number of ether oxygens (including phenoxy) is 1. The van der Waals surface area contributed by atoms with Crippen LogP contribution < -0.4 is 10.1 Å². The van der Waals surface area contributed by atoms with Gasteiger partial charge in [0, 0.05) is 6.04 Å². The van der Waals surface area contributed by atoms with E-state index in [1.807, 2.05) is 6.07 Å². The highest BCUT2D eigenvalue weighted by atomic mass is 16.5. The molecule has 1 fully saturated rings. The van der Waals surface area contributed by atoms with Crippen molar-refractivity contribution in [3.63, 3.8) is 0 Å². The Morgan fingerprint density at radius 3 is 2.24 bits per heavy atom. The lowest BCUT2D eigenvalue weighted by Gasteiger charge is -2.37. The minimum Gasteiger partial charge on any atom is -0.489 e. The molecule has 0 amide bonds. The summed E-state index contributed by atoms with van der Waals surface area (Å²) in [7, 11) is 0. The highest BCUT2D eigenvalue weighted by molar-refractivity contribution is 5.56. The Morgan fingerprint density at radius 1 is 1.05 bits per heavy atom. The molecule has 1 aromatic carbocycles. The van der Waals surface area contributed by atoms with Crippen molar-refractivity contribution in [3.8, 4) is 5.75 Å². The first-order valence-corrected chi connectivity index (χ1v) is 8.38. The monoisotopic (exact) mass is 289 g/mol. The van der Waals surface area contributed by atoms with Crippen LogP contribution in [-0.2, 0) is 0 Å². The lowest BCUT2D eigenvalue weighted by Crippen LogP contribution is -2.31. The van der Waals surface area contributed by atoms with Gasteiger partial charge < -0.3 is 10.1 Å². The van der Waals surface area contributed by atoms with Crippen LogP contribution in [0.25, 0.3) is 0 Å². The van der Waals surface area contributed by atoms with Crippen LogP contribution in [-0.4, -0.2) is 12.1 Å². The fraction of sp³-hybridized carbons (Fsp3) is 0.684. The standard InChI is InChI=1S/C19H31NO/c1-14(2)21-18-9-7-6-8-17(18)20-16-12-10-15(11-13-16)19(3,4)5/h6-9,14-16,20H,10-13H2,1-5H3. The SMILES string of the molecule is CC(C)Oc1ccccc1NC1CCC(C(C)(C)C)CC1. The van der Waals surface area contributed by atoms with Crippen molar-refractivity contribution in [2.75, 3.05) is 5.32 Å². The van der Waals surface area contributed by atoms with E-state index in [1.165, 1.54) is 25.7 Å². The van der Waals surface area contributed by atoms with Gasteiger partial charge in [0.25, 0.3) is 0 Å². The van der Waals surface area contributed by atoms with Gasteiger partial charge in [-0.2, -0.15) is 0 Å². The maximum absolute atomic E-state index is 5.90. The van der Waals surface area contributed by atoms with Gasteiger partial charge in [-0.25, -0.2) is 0 Å². The molecular weight excluding hydrogens is 258 g/mol. The number of hydrogen-bond donors (Lipinski definition) is 1. The van der Waals surface area contributed by atoms with Crippen LogP contribution in [0.2, 0.25) is 0 Å². The van der Waals surface area contributed by atoms with Crippen molar-refractivity contribution in [3.05, 3.63) is 24.3 Å². The fourth-order valence-electron chi connectivity index (χ4n) is 3.27. The van der Waals surface area contributed by atoms with Crippen molar-refractivity contribution >= 4 is 5.69 Å². The number of anilines is 1. The number of rotatable bonds is 4. The first kappa shape index (κ1) is 16.2. The lowest BCUT2D eigenvalue weighted by molar-refractivity contribution is 0.173. The summed E-state index contributed by atoms with van der Waals surface area (Å²) >= 11 is 0. The summed E-state index contributed by atoms with van der Waals surface area (Å²) in [6.45, 7) is 11.3. The highest BCUT2D eigenvalue weighted by Gasteiger charge is 2.29. The molecule has 1 aliphatic carbocycles. The first-order valence-electron chi connectivity index (χ1n) is 8.38. The molecule has 1 N–H and O–H groups in total. The average Bonchev–Trinajstić information content (AvgIpc) is 2.40. The molecule has 2 rings (SSSR count). The van der Waals surface area contributed by atoms with Crippen molar-refractivity contribution < 1.29 is 4.74 Å². The summed E-state index contributed by atoms with van der Waals surface area (Å²) in [5, 5.41) is 3.70. The fourth-order valence-corrected chi connectivity index (χ4v) is 3.27. The second-order valence-electron chi connectivity index (χ2n) is 7.72. The largest absolute Gasteiger partial charge is 0.489 e. The van der Waals surface area contributed by atoms with Gasteiger partial charge in [-0.3, -0.25) is 0 Å². The van der Waals surface area contributed by atoms with Crippen LogP contribution in [0.15, 0.2) is 24.3 Å². The van der Waals surface area contributed by atoms with Crippen LogP contribution in [0.1, 0.15) is 60.3 Å². The van der Waals surface area contributed by atoms with Gasteiger partial charge >= 0.3 is 0 Å². The van der Waals surface area contributed by atoms with E-state index in [0.717, 1.165) is 17.4 Å². The number of benzene rings is 1. The summed E-state index contributed by atoms with van der Waals surface area (Å²) in [6.07, 6.45) is 5.39. The molecule has 0 bridgehead atoms. The molecule has 0 spiro atoms. The van der Waals surface area contributed by atoms with E-state index in [9.17, 15) is 0 Å². The Hall–Kier alpha value is -1.18. The van der Waals surface area contributed by atoms with Gasteiger partial charge in [0.2, 0.25) is 0 Å². The minimum absolute atomic E-state index is 0.213. The smallest absolute Gasteiger partial charge is 0.142 e. The maximum atomic E-state index is 5.90. The van der Waals surface area contributed by atoms with Crippen molar-refractivity contribution in [1.82, 2.24) is 0 Å². The molecule has 0 atom stereocenters. The quantitative estimate of drug-likeness (QED) is 0.791. The molecule has 0 unspecified atom stereocenters. The molecular formula is C19H31NO. The molecule has 1 aliphatic rings. The second kappa shape index (κ2) is 6.72. The van der Waals surface area contributed by atoms with Crippen LogP contribution in [0, 0.1) is 11.3 Å². The van der Waals surface area contributed by atoms with Crippen molar-refractivity contribution in [2.45, 2.75) is 72.4 Å². The molecule has 0 radical (unpaired) electrons. The van der Waals surface area contributed by atoms with E-state index >= 15 is 0 Å². The number of hydrogen-bond acceptors (Lipinski definition) is 2. The Labute approximate surface area is 130 Å². The van der Waals surface area contributed by atoms with E-state index in [0.29, 0.717) is 11.5 Å². The second-order valence-corrected chi connectivity index (χ2v) is 7.72. The van der Waals surface area contributed by atoms with Gasteiger partial charge in [-0.1, -0.05) is 32.9 Å². The predicted molar refractivity (Wildman–Crippen MR) is 91.0 cm³/mol. The Kier molecular flexibility index (Phi) is 5.18. The number of nitrogens with one attached hydrogen (secondary N) is 1. The zero-order valence-corrected chi connectivity index (χ0v) is 14.3. The van der Waals surface area contributed by atoms with Gasteiger partial charge in [-0.05, 0) is 63.0 Å². The lowest BCUT2D eigenvalue weighted by atomic mass is 9.71. The minimum atomic E-state index is 0.213. The van der Waals surface area contributed by atoms with E-state index in [2.05, 4.69) is 58.1 Å². The van der Waals surface area contributed by atoms with Crippen LogP contribution in [0.4, 0.5) is 5.69 Å². The van der Waals surface area contributed by atoms with E-state index in [-0.39, 0.29) is 6.10 Å². The van der Waals surface area contributed by atoms with Crippen LogP contribution in [0.3, 0.4) is 0 Å². The molecule has 0 heterocycles. The summed E-state index contributed by atoms with van der Waals surface area (Å²) in [6, 6.07) is 8.90. The molecule has 0 aliphatic heterocycles. The molecule has 1 aromatic rings. The Morgan fingerprint density at radius 2 is 1.67 bits per heavy atom. The van der Waals surface area contributed by atoms with Crippen molar-refractivity contribution in [1.29, 1.82) is 0 Å². The molecule has 0 saturated heterocycles. The van der Waals surface area contributed by atoms with Gasteiger partial charge in [0.15, 0.2) is 0 Å². The molecule has 2 heteroatoms. The molecule has 118 valence electrons. The van der Waals surface area contributed by atoms with E-state index < -0.39 is 0 Å². The Bertz CT molecular complexity index is 439. The van der Waals surface area contributed by atoms with Gasteiger partial charge in [0.05, 0.1) is 11.8 Å². The molecule has 1 saturated carbocycles. The summed E-state index contributed by atoms with van der Waals surface area (Å²) in [4.78, 5) is 0. The zero-order valence-electron chi connectivity index (χ0n) is 14.3. The normalized spacial score (nSPS) is 23.1. The maximum Gasteiger partial charge on any atom is 0.142 e. The third-order valence-electron chi connectivity index (χ3n) is 4.56. The predicted octanol–water partition coefficient (Wildman–Crippen LogP) is 5.49. The summed E-state index contributed by atoms with van der Waals surface area (Å²) in [5.74, 6) is 1.84. The third kappa shape index (κ3) is 4.66. The molecule has 0 aromatic heterocycles. The van der Waals surface area contributed by atoms with Crippen molar-refractivity contribution in [2.24, 2.45) is 11.3 Å². The van der Waals surface area contributed by atoms with E-state index in [4.69, 9.17) is 4.74 Å². The van der Waals surface area contributed by atoms with E-state index in [1.54, 1.807) is 0 Å². The topological polar surface area (TPSA) is 21.3 Å².